The van der Waals surface area contributed by atoms with Crippen LogP contribution in [0.2, 0.25) is 0 Å². The number of Topliss-reactive ketones (excluding diaryl/α,β-unsaturated/α-hetero) is 1. The SMILES string of the molecule is CCC[C@H](O)[C@@H](C(=O)c1ccccc1)[C@H](O)C(C)C. The van der Waals surface area contributed by atoms with Gasteiger partial charge in [-0.3, -0.25) is 4.79 Å². The number of ketones is 1. The van der Waals surface area contributed by atoms with Crippen LogP contribution in [0.1, 0.15) is 44.0 Å². The van der Waals surface area contributed by atoms with Crippen LogP contribution in [0, 0.1) is 11.8 Å². The van der Waals surface area contributed by atoms with Crippen LogP contribution in [0.15, 0.2) is 30.3 Å². The topological polar surface area (TPSA) is 57.5 Å². The Morgan fingerprint density at radius 3 is 2.21 bits per heavy atom. The number of rotatable bonds is 7. The van der Waals surface area contributed by atoms with Crippen molar-refractivity contribution in [3.63, 3.8) is 0 Å². The Labute approximate surface area is 115 Å². The van der Waals surface area contributed by atoms with Crippen LogP contribution in [0.5, 0.6) is 0 Å². The van der Waals surface area contributed by atoms with Crippen molar-refractivity contribution in [1.82, 2.24) is 0 Å². The number of aliphatic hydroxyl groups is 2. The summed E-state index contributed by atoms with van der Waals surface area (Å²) in [6, 6.07) is 8.87. The third-order valence-electron chi connectivity index (χ3n) is 3.41. The van der Waals surface area contributed by atoms with E-state index in [2.05, 4.69) is 0 Å². The number of carbonyl (C=O) groups excluding carboxylic acids is 1. The van der Waals surface area contributed by atoms with Gasteiger partial charge in [0.25, 0.3) is 0 Å². The monoisotopic (exact) mass is 264 g/mol. The average molecular weight is 264 g/mol. The maximum Gasteiger partial charge on any atom is 0.171 e. The fourth-order valence-electron chi connectivity index (χ4n) is 2.24. The van der Waals surface area contributed by atoms with Gasteiger partial charge in [0.2, 0.25) is 0 Å². The zero-order chi connectivity index (χ0) is 14.4. The van der Waals surface area contributed by atoms with E-state index in [9.17, 15) is 15.0 Å². The van der Waals surface area contributed by atoms with Crippen molar-refractivity contribution in [3.05, 3.63) is 35.9 Å². The molecule has 0 unspecified atom stereocenters. The largest absolute Gasteiger partial charge is 0.392 e. The van der Waals surface area contributed by atoms with Gasteiger partial charge in [-0.2, -0.15) is 0 Å². The first-order valence-electron chi connectivity index (χ1n) is 6.94. The molecule has 1 aromatic carbocycles. The van der Waals surface area contributed by atoms with Crippen LogP contribution >= 0.6 is 0 Å². The molecule has 19 heavy (non-hydrogen) atoms. The highest BCUT2D eigenvalue weighted by Crippen LogP contribution is 2.24. The van der Waals surface area contributed by atoms with Crippen LogP contribution in [-0.4, -0.2) is 28.2 Å². The van der Waals surface area contributed by atoms with E-state index >= 15 is 0 Å². The molecule has 0 bridgehead atoms. The second-order valence-corrected chi connectivity index (χ2v) is 5.35. The third-order valence-corrected chi connectivity index (χ3v) is 3.41. The average Bonchev–Trinajstić information content (AvgIpc) is 2.40. The summed E-state index contributed by atoms with van der Waals surface area (Å²) in [7, 11) is 0. The zero-order valence-corrected chi connectivity index (χ0v) is 11.9. The molecule has 0 aliphatic rings. The predicted molar refractivity (Wildman–Crippen MR) is 76.0 cm³/mol. The Hall–Kier alpha value is -1.19. The minimum Gasteiger partial charge on any atom is -0.392 e. The molecule has 0 aliphatic heterocycles. The van der Waals surface area contributed by atoms with E-state index in [0.717, 1.165) is 6.42 Å². The van der Waals surface area contributed by atoms with Gasteiger partial charge in [0.15, 0.2) is 5.78 Å². The summed E-state index contributed by atoms with van der Waals surface area (Å²) in [5.41, 5.74) is 0.544. The van der Waals surface area contributed by atoms with Gasteiger partial charge in [-0.05, 0) is 12.3 Å². The molecule has 0 heterocycles. The lowest BCUT2D eigenvalue weighted by Gasteiger charge is -2.28. The fraction of sp³-hybridized carbons (Fsp3) is 0.562. The summed E-state index contributed by atoms with van der Waals surface area (Å²) in [5.74, 6) is -0.991. The fourth-order valence-corrected chi connectivity index (χ4v) is 2.24. The number of hydrogen-bond acceptors (Lipinski definition) is 3. The molecule has 0 saturated heterocycles. The Kier molecular flexibility index (Phi) is 6.19. The predicted octanol–water partition coefficient (Wildman–Crippen LogP) is 2.66. The minimum absolute atomic E-state index is 0.0656. The summed E-state index contributed by atoms with van der Waals surface area (Å²) in [4.78, 5) is 12.5. The molecule has 0 aromatic heterocycles. The van der Waals surface area contributed by atoms with E-state index < -0.39 is 18.1 Å². The summed E-state index contributed by atoms with van der Waals surface area (Å²) >= 11 is 0. The molecule has 2 N–H and O–H groups in total. The lowest BCUT2D eigenvalue weighted by Crippen LogP contribution is -2.40. The van der Waals surface area contributed by atoms with Gasteiger partial charge in [-0.1, -0.05) is 57.5 Å². The molecule has 0 fully saturated rings. The van der Waals surface area contributed by atoms with Gasteiger partial charge in [0.05, 0.1) is 18.1 Å². The van der Waals surface area contributed by atoms with Gasteiger partial charge < -0.3 is 10.2 Å². The van der Waals surface area contributed by atoms with Crippen molar-refractivity contribution in [2.45, 2.75) is 45.8 Å². The number of aliphatic hydroxyl groups excluding tert-OH is 2. The Morgan fingerprint density at radius 2 is 1.74 bits per heavy atom. The number of hydrogen-bond donors (Lipinski definition) is 2. The molecule has 1 rings (SSSR count). The third kappa shape index (κ3) is 4.15. The van der Waals surface area contributed by atoms with Gasteiger partial charge in [0.1, 0.15) is 0 Å². The molecule has 0 saturated carbocycles. The first kappa shape index (κ1) is 15.9. The van der Waals surface area contributed by atoms with Crippen molar-refractivity contribution in [2.24, 2.45) is 11.8 Å². The second kappa shape index (κ2) is 7.41. The van der Waals surface area contributed by atoms with Crippen LogP contribution < -0.4 is 0 Å². The molecule has 1 aromatic rings. The van der Waals surface area contributed by atoms with E-state index in [4.69, 9.17) is 0 Å². The molecule has 3 nitrogen and oxygen atoms in total. The first-order valence-corrected chi connectivity index (χ1v) is 6.94. The maximum absolute atomic E-state index is 12.5. The molecule has 0 amide bonds. The summed E-state index contributed by atoms with van der Waals surface area (Å²) < 4.78 is 0. The summed E-state index contributed by atoms with van der Waals surface area (Å²) in [5, 5.41) is 20.4. The van der Waals surface area contributed by atoms with Crippen LogP contribution in [0.3, 0.4) is 0 Å². The molecule has 0 spiro atoms. The highest BCUT2D eigenvalue weighted by molar-refractivity contribution is 5.98. The zero-order valence-electron chi connectivity index (χ0n) is 11.9. The van der Waals surface area contributed by atoms with Gasteiger partial charge >= 0.3 is 0 Å². The van der Waals surface area contributed by atoms with E-state index in [-0.39, 0.29) is 11.7 Å². The smallest absolute Gasteiger partial charge is 0.171 e. The van der Waals surface area contributed by atoms with Gasteiger partial charge in [-0.25, -0.2) is 0 Å². The Morgan fingerprint density at radius 1 is 1.16 bits per heavy atom. The summed E-state index contributed by atoms with van der Waals surface area (Å²) in [6.07, 6.45) is -0.318. The standard InChI is InChI=1S/C16H24O3/c1-4-8-13(17)14(15(18)11(2)3)16(19)12-9-6-5-7-10-12/h5-7,9-11,13-15,17-18H,4,8H2,1-3H3/t13-,14+,15+/m0/s1. The highest BCUT2D eigenvalue weighted by atomic mass is 16.3. The van der Waals surface area contributed by atoms with E-state index in [1.165, 1.54) is 0 Å². The molecule has 3 heteroatoms. The lowest BCUT2D eigenvalue weighted by atomic mass is 9.81. The quantitative estimate of drug-likeness (QED) is 0.744. The molecule has 0 aliphatic carbocycles. The minimum atomic E-state index is -0.825. The normalized spacial score (nSPS) is 16.1. The van der Waals surface area contributed by atoms with E-state index in [1.807, 2.05) is 26.8 Å². The van der Waals surface area contributed by atoms with Crippen molar-refractivity contribution in [1.29, 1.82) is 0 Å². The van der Waals surface area contributed by atoms with Crippen molar-refractivity contribution in [2.75, 3.05) is 0 Å². The molecule has 3 atom stereocenters. The highest BCUT2D eigenvalue weighted by Gasteiger charge is 2.35. The summed E-state index contributed by atoms with van der Waals surface area (Å²) in [6.45, 7) is 5.66. The van der Waals surface area contributed by atoms with Crippen molar-refractivity contribution < 1.29 is 15.0 Å². The maximum atomic E-state index is 12.5. The van der Waals surface area contributed by atoms with E-state index in [0.29, 0.717) is 12.0 Å². The second-order valence-electron chi connectivity index (χ2n) is 5.35. The molecular weight excluding hydrogens is 240 g/mol. The first-order chi connectivity index (χ1) is 8.99. The number of carbonyl (C=O) groups is 1. The van der Waals surface area contributed by atoms with Gasteiger partial charge in [-0.15, -0.1) is 0 Å². The molecule has 106 valence electrons. The lowest BCUT2D eigenvalue weighted by molar-refractivity contribution is -0.00526. The Balaban J connectivity index is 2.99. The van der Waals surface area contributed by atoms with Crippen LogP contribution in [0.25, 0.3) is 0 Å². The molecule has 0 radical (unpaired) electrons. The molecular formula is C16H24O3. The van der Waals surface area contributed by atoms with Gasteiger partial charge in [0, 0.05) is 5.56 Å². The van der Waals surface area contributed by atoms with Crippen LogP contribution in [-0.2, 0) is 0 Å². The number of benzene rings is 1. The van der Waals surface area contributed by atoms with Crippen molar-refractivity contribution >= 4 is 5.78 Å². The van der Waals surface area contributed by atoms with E-state index in [1.54, 1.807) is 24.3 Å². The Bertz CT molecular complexity index is 386. The van der Waals surface area contributed by atoms with Crippen molar-refractivity contribution in [3.8, 4) is 0 Å². The van der Waals surface area contributed by atoms with Crippen LogP contribution in [0.4, 0.5) is 0 Å².